The summed E-state index contributed by atoms with van der Waals surface area (Å²) in [7, 11) is 1.28. The zero-order chi connectivity index (χ0) is 17.5. The van der Waals surface area contributed by atoms with Crippen LogP contribution < -0.4 is 11.2 Å². The number of rotatable bonds is 4. The number of hydrogen-bond acceptors (Lipinski definition) is 7. The highest BCUT2D eigenvalue weighted by molar-refractivity contribution is 8.08. The molecule has 1 aromatic heterocycles. The summed E-state index contributed by atoms with van der Waals surface area (Å²) < 4.78 is 11.6. The van der Waals surface area contributed by atoms with E-state index in [-0.39, 0.29) is 9.90 Å². The molecule has 0 bridgehead atoms. The number of aromatic nitrogens is 2. The van der Waals surface area contributed by atoms with Crippen LogP contribution >= 0.6 is 6.64 Å². The van der Waals surface area contributed by atoms with Gasteiger partial charge in [-0.25, -0.2) is 4.79 Å². The van der Waals surface area contributed by atoms with Gasteiger partial charge in [-0.15, -0.1) is 0 Å². The molecule has 1 fully saturated rings. The quantitative estimate of drug-likeness (QED) is 0.429. The predicted molar refractivity (Wildman–Crippen MR) is 81.6 cm³/mol. The molecular formula is C11H17N2O8PS. The molecule has 2 heterocycles. The van der Waals surface area contributed by atoms with Gasteiger partial charge >= 0.3 is 5.69 Å². The number of hydrogen-bond donors (Lipinski definition) is 4. The second-order valence-corrected chi connectivity index (χ2v) is 7.97. The molecule has 0 amide bonds. The maximum Gasteiger partial charge on any atom is 0.340 e. The first-order valence-electron chi connectivity index (χ1n) is 6.51. The summed E-state index contributed by atoms with van der Waals surface area (Å²) in [6.07, 6.45) is -3.25. The van der Waals surface area contributed by atoms with Crippen molar-refractivity contribution in [3.8, 4) is 0 Å². The van der Waals surface area contributed by atoms with Crippen molar-refractivity contribution in [1.29, 1.82) is 0 Å². The van der Waals surface area contributed by atoms with E-state index in [9.17, 15) is 29.6 Å². The normalized spacial score (nSPS) is 28.3. The molecule has 0 saturated carbocycles. The van der Waals surface area contributed by atoms with Gasteiger partial charge in [-0.05, 0) is 18.7 Å². The minimum Gasteiger partial charge on any atom is -0.394 e. The van der Waals surface area contributed by atoms with Crippen molar-refractivity contribution in [2.45, 2.75) is 31.5 Å². The first-order chi connectivity index (χ1) is 10.6. The smallest absolute Gasteiger partial charge is 0.340 e. The molecule has 1 aliphatic rings. The lowest BCUT2D eigenvalue weighted by Crippen LogP contribution is -2.43. The zero-order valence-corrected chi connectivity index (χ0v) is 14.0. The Morgan fingerprint density at radius 3 is 2.52 bits per heavy atom. The average Bonchev–Trinajstić information content (AvgIpc) is 2.77. The number of ether oxygens (including phenoxy) is 2. The number of aliphatic hydroxyl groups excluding tert-OH is 2. The fourth-order valence-electron chi connectivity index (χ4n) is 2.44. The molecule has 4 N–H and O–H groups in total. The summed E-state index contributed by atoms with van der Waals surface area (Å²) in [4.78, 5) is 43.6. The third kappa shape index (κ3) is 3.19. The van der Waals surface area contributed by atoms with E-state index in [1.807, 2.05) is 0 Å². The Labute approximate surface area is 135 Å². The first-order valence-corrected chi connectivity index (χ1v) is 9.18. The molecule has 23 heavy (non-hydrogen) atoms. The molecule has 130 valence electrons. The van der Waals surface area contributed by atoms with Crippen molar-refractivity contribution in [1.82, 2.24) is 8.90 Å². The van der Waals surface area contributed by atoms with Crippen LogP contribution in [0.3, 0.4) is 0 Å². The SMILES string of the molecule is CO[C@@H]1[C@@H](O)[C@@H](CO)O[C@H]1n1cc(C)c(=O)n(P(O)(O)=S)c1=O. The Morgan fingerprint density at radius 2 is 2.04 bits per heavy atom. The van der Waals surface area contributed by atoms with Gasteiger partial charge in [0, 0.05) is 18.9 Å². The van der Waals surface area contributed by atoms with Crippen molar-refractivity contribution in [3.05, 3.63) is 32.6 Å². The van der Waals surface area contributed by atoms with Gasteiger partial charge in [0.15, 0.2) is 6.23 Å². The molecule has 2 rings (SSSR count). The minimum atomic E-state index is -4.36. The van der Waals surface area contributed by atoms with Gasteiger partial charge in [-0.3, -0.25) is 9.36 Å². The molecule has 0 unspecified atom stereocenters. The molecule has 4 atom stereocenters. The fourth-order valence-corrected chi connectivity index (χ4v) is 3.59. The highest BCUT2D eigenvalue weighted by Crippen LogP contribution is 2.34. The fraction of sp³-hybridized carbons (Fsp3) is 0.636. The molecular weight excluding hydrogens is 351 g/mol. The van der Waals surface area contributed by atoms with E-state index in [1.54, 1.807) is 0 Å². The summed E-state index contributed by atoms with van der Waals surface area (Å²) in [6.45, 7) is -3.51. The number of nitrogens with zero attached hydrogens (tertiary/aromatic N) is 2. The molecule has 12 heteroatoms. The van der Waals surface area contributed by atoms with Gasteiger partial charge in [-0.2, -0.15) is 4.34 Å². The first kappa shape index (κ1) is 18.4. The molecule has 0 aromatic carbocycles. The van der Waals surface area contributed by atoms with Gasteiger partial charge in [0.25, 0.3) is 12.2 Å². The lowest BCUT2D eigenvalue weighted by Gasteiger charge is -2.22. The summed E-state index contributed by atoms with van der Waals surface area (Å²) in [5, 5.41) is 19.2. The van der Waals surface area contributed by atoms with Crippen molar-refractivity contribution in [2.24, 2.45) is 0 Å². The van der Waals surface area contributed by atoms with Crippen LogP contribution in [-0.2, 0) is 21.3 Å². The Hall–Kier alpha value is -0.910. The van der Waals surface area contributed by atoms with Gasteiger partial charge in [0.1, 0.15) is 18.3 Å². The molecule has 1 saturated heterocycles. The van der Waals surface area contributed by atoms with Crippen molar-refractivity contribution in [3.63, 3.8) is 0 Å². The second-order valence-electron chi connectivity index (χ2n) is 5.07. The van der Waals surface area contributed by atoms with Crippen LogP contribution in [0.2, 0.25) is 0 Å². The van der Waals surface area contributed by atoms with Gasteiger partial charge in [0.05, 0.1) is 6.61 Å². The van der Waals surface area contributed by atoms with Gasteiger partial charge in [0.2, 0.25) is 0 Å². The lowest BCUT2D eigenvalue weighted by molar-refractivity contribution is -0.0628. The highest BCUT2D eigenvalue weighted by atomic mass is 32.5. The second kappa shape index (κ2) is 6.54. The van der Waals surface area contributed by atoms with E-state index in [2.05, 4.69) is 11.8 Å². The van der Waals surface area contributed by atoms with Crippen molar-refractivity contribution in [2.75, 3.05) is 13.7 Å². The van der Waals surface area contributed by atoms with E-state index in [1.165, 1.54) is 14.0 Å². The number of methoxy groups -OCH3 is 1. The van der Waals surface area contributed by atoms with Crippen LogP contribution in [-0.4, -0.2) is 60.9 Å². The van der Waals surface area contributed by atoms with Crippen LogP contribution in [0, 0.1) is 6.92 Å². The highest BCUT2D eigenvalue weighted by Gasteiger charge is 2.45. The van der Waals surface area contributed by atoms with Gasteiger partial charge in [-0.1, -0.05) is 0 Å². The van der Waals surface area contributed by atoms with Crippen LogP contribution in [0.4, 0.5) is 0 Å². The minimum absolute atomic E-state index is 0.0160. The van der Waals surface area contributed by atoms with E-state index in [0.29, 0.717) is 0 Å². The Balaban J connectivity index is 2.66. The van der Waals surface area contributed by atoms with Crippen molar-refractivity contribution >= 4 is 18.4 Å². The topological polar surface area (TPSA) is 143 Å². The van der Waals surface area contributed by atoms with Crippen LogP contribution in [0.15, 0.2) is 15.8 Å². The Morgan fingerprint density at radius 1 is 1.43 bits per heavy atom. The molecule has 1 aromatic rings. The molecule has 10 nitrogen and oxygen atoms in total. The van der Waals surface area contributed by atoms with E-state index in [4.69, 9.17) is 9.47 Å². The standard InChI is InChI=1S/C11H17N2O8PS/c1-5-3-12(11(17)13(9(5)16)22(18,19)23)10-8(20-2)7(15)6(4-14)21-10/h3,6-8,10,14-15H,4H2,1-2H3,(H2,18,19,23)/t6-,7+,8-,10-/m1/s1. The molecule has 0 spiro atoms. The predicted octanol–water partition coefficient (Wildman–Crippen LogP) is -2.36. The van der Waals surface area contributed by atoms with E-state index >= 15 is 0 Å². The summed E-state index contributed by atoms with van der Waals surface area (Å²) in [5.41, 5.74) is -2.01. The lowest BCUT2D eigenvalue weighted by atomic mass is 10.1. The van der Waals surface area contributed by atoms with Crippen LogP contribution in [0.1, 0.15) is 11.8 Å². The third-order valence-corrected chi connectivity index (χ3v) is 4.93. The Kier molecular flexibility index (Phi) is 5.24. The maximum absolute atomic E-state index is 12.4. The average molecular weight is 368 g/mol. The maximum atomic E-state index is 12.4. The molecule has 0 aliphatic carbocycles. The number of aryl methyl sites for hydroxylation is 1. The third-order valence-electron chi connectivity index (χ3n) is 3.56. The summed E-state index contributed by atoms with van der Waals surface area (Å²) in [5.74, 6) is 0. The monoisotopic (exact) mass is 368 g/mol. The van der Waals surface area contributed by atoms with E-state index in [0.717, 1.165) is 10.8 Å². The summed E-state index contributed by atoms with van der Waals surface area (Å²) >= 11 is 4.46. The zero-order valence-electron chi connectivity index (χ0n) is 12.3. The summed E-state index contributed by atoms with van der Waals surface area (Å²) in [6, 6.07) is 0. The van der Waals surface area contributed by atoms with Gasteiger partial charge < -0.3 is 29.5 Å². The molecule has 1 aliphatic heterocycles. The Bertz CT molecular complexity index is 755. The van der Waals surface area contributed by atoms with E-state index < -0.39 is 49.0 Å². The molecule has 0 radical (unpaired) electrons. The van der Waals surface area contributed by atoms with Crippen LogP contribution in [0.25, 0.3) is 0 Å². The number of aliphatic hydroxyl groups is 2. The van der Waals surface area contributed by atoms with Crippen LogP contribution in [0.5, 0.6) is 0 Å². The largest absolute Gasteiger partial charge is 0.394 e. The van der Waals surface area contributed by atoms with Crippen molar-refractivity contribution < 1.29 is 29.5 Å².